The molecule has 0 amide bonds. The molecule has 1 aliphatic carbocycles. The molecule has 0 N–H and O–H groups in total. The van der Waals surface area contributed by atoms with Gasteiger partial charge in [-0.15, -0.1) is 11.6 Å². The average molecular weight is 278 g/mol. The molecule has 2 aromatic heterocycles. The first-order chi connectivity index (χ1) is 9.29. The van der Waals surface area contributed by atoms with Crippen LogP contribution in [0.25, 0.3) is 11.0 Å². The Bertz CT molecular complexity index is 564. The van der Waals surface area contributed by atoms with Crippen LogP contribution in [0.3, 0.4) is 0 Å². The molecule has 4 heteroatoms. The molecule has 0 aliphatic heterocycles. The predicted molar refractivity (Wildman–Crippen MR) is 78.6 cm³/mol. The minimum Gasteiger partial charge on any atom is -0.325 e. The van der Waals surface area contributed by atoms with Crippen molar-refractivity contribution < 1.29 is 0 Å². The molecule has 2 heterocycles. The zero-order chi connectivity index (χ0) is 13.2. The minimum atomic E-state index is 0.578. The summed E-state index contributed by atoms with van der Waals surface area (Å²) in [5.41, 5.74) is 2.22. The lowest BCUT2D eigenvalue weighted by molar-refractivity contribution is 0.283. The third-order valence-corrected chi connectivity index (χ3v) is 4.35. The highest BCUT2D eigenvalue weighted by Gasteiger charge is 2.24. The Hall–Kier alpha value is -1.09. The van der Waals surface area contributed by atoms with Crippen LogP contribution in [0.4, 0.5) is 0 Å². The van der Waals surface area contributed by atoms with Gasteiger partial charge in [0.2, 0.25) is 0 Å². The molecule has 19 heavy (non-hydrogen) atoms. The van der Waals surface area contributed by atoms with Crippen LogP contribution in [0.2, 0.25) is 0 Å². The Kier molecular flexibility index (Phi) is 3.74. The number of imidazole rings is 1. The number of nitrogens with zero attached hydrogens (tertiary/aromatic N) is 3. The zero-order valence-electron chi connectivity index (χ0n) is 11.3. The fourth-order valence-electron chi connectivity index (χ4n) is 3.31. The molecule has 3 rings (SSSR count). The van der Waals surface area contributed by atoms with Crippen molar-refractivity contribution in [3.63, 3.8) is 0 Å². The number of alkyl halides is 1. The van der Waals surface area contributed by atoms with E-state index in [9.17, 15) is 0 Å². The number of rotatable bonds is 3. The summed E-state index contributed by atoms with van der Waals surface area (Å²) in [6.45, 7) is 2.36. The Morgan fingerprint density at radius 1 is 1.42 bits per heavy atom. The largest absolute Gasteiger partial charge is 0.325 e. The van der Waals surface area contributed by atoms with E-state index in [1.165, 1.54) is 31.2 Å². The molecule has 2 unspecified atom stereocenters. The van der Waals surface area contributed by atoms with Crippen molar-refractivity contribution in [2.24, 2.45) is 5.92 Å². The highest BCUT2D eigenvalue weighted by Crippen LogP contribution is 2.35. The Morgan fingerprint density at radius 2 is 2.32 bits per heavy atom. The second-order valence-corrected chi connectivity index (χ2v) is 6.00. The summed E-state index contributed by atoms with van der Waals surface area (Å²) in [7, 11) is 0. The van der Waals surface area contributed by atoms with E-state index in [1.807, 2.05) is 12.4 Å². The van der Waals surface area contributed by atoms with Crippen molar-refractivity contribution in [1.29, 1.82) is 0 Å². The number of pyridine rings is 1. The van der Waals surface area contributed by atoms with E-state index in [4.69, 9.17) is 16.6 Å². The first kappa shape index (κ1) is 12.9. The molecule has 1 fully saturated rings. The van der Waals surface area contributed by atoms with Gasteiger partial charge >= 0.3 is 0 Å². The highest BCUT2D eigenvalue weighted by atomic mass is 35.5. The Morgan fingerprint density at radius 3 is 3.11 bits per heavy atom. The van der Waals surface area contributed by atoms with Gasteiger partial charge in [0.05, 0.1) is 11.7 Å². The topological polar surface area (TPSA) is 30.7 Å². The summed E-state index contributed by atoms with van der Waals surface area (Å²) >= 11 is 5.93. The van der Waals surface area contributed by atoms with Gasteiger partial charge in [-0.3, -0.25) is 4.98 Å². The van der Waals surface area contributed by atoms with Crippen LogP contribution in [0, 0.1) is 5.92 Å². The van der Waals surface area contributed by atoms with Crippen molar-refractivity contribution in [2.45, 2.75) is 45.1 Å². The van der Waals surface area contributed by atoms with E-state index < -0.39 is 0 Å². The van der Waals surface area contributed by atoms with E-state index in [-0.39, 0.29) is 0 Å². The van der Waals surface area contributed by atoms with Gasteiger partial charge in [0.1, 0.15) is 11.3 Å². The first-order valence-electron chi connectivity index (χ1n) is 7.16. The lowest BCUT2D eigenvalue weighted by Gasteiger charge is -2.29. The molecular weight excluding hydrogens is 258 g/mol. The third-order valence-electron chi connectivity index (χ3n) is 4.16. The van der Waals surface area contributed by atoms with Crippen molar-refractivity contribution in [1.82, 2.24) is 14.5 Å². The quantitative estimate of drug-likeness (QED) is 0.795. The van der Waals surface area contributed by atoms with Crippen LogP contribution in [0.5, 0.6) is 0 Å². The van der Waals surface area contributed by atoms with Crippen LogP contribution in [0.1, 0.15) is 44.5 Å². The van der Waals surface area contributed by atoms with Gasteiger partial charge in [0.15, 0.2) is 0 Å². The van der Waals surface area contributed by atoms with Crippen LogP contribution < -0.4 is 0 Å². The maximum atomic E-state index is 5.93. The van der Waals surface area contributed by atoms with E-state index in [2.05, 4.69) is 22.5 Å². The molecule has 0 spiro atoms. The molecule has 0 saturated heterocycles. The fourth-order valence-corrected chi connectivity index (χ4v) is 3.47. The monoisotopic (exact) mass is 277 g/mol. The van der Waals surface area contributed by atoms with E-state index in [1.54, 1.807) is 0 Å². The van der Waals surface area contributed by atoms with Crippen LogP contribution in [-0.4, -0.2) is 20.4 Å². The summed E-state index contributed by atoms with van der Waals surface area (Å²) in [4.78, 5) is 8.90. The van der Waals surface area contributed by atoms with Gasteiger partial charge in [-0.05, 0) is 24.8 Å². The molecule has 1 saturated carbocycles. The number of fused-ring (bicyclic) bond motifs is 1. The molecule has 102 valence electrons. The molecule has 3 nitrogen and oxygen atoms in total. The molecule has 2 atom stereocenters. The van der Waals surface area contributed by atoms with Crippen molar-refractivity contribution in [3.05, 3.63) is 24.3 Å². The second kappa shape index (κ2) is 5.49. The molecule has 0 aromatic carbocycles. The number of aryl methyl sites for hydroxylation is 1. The van der Waals surface area contributed by atoms with Gasteiger partial charge < -0.3 is 4.57 Å². The van der Waals surface area contributed by atoms with Gasteiger partial charge in [-0.25, -0.2) is 4.98 Å². The minimum absolute atomic E-state index is 0.578. The summed E-state index contributed by atoms with van der Waals surface area (Å²) in [6.07, 6.45) is 9.73. The molecular formula is C15H20ClN3. The third kappa shape index (κ3) is 2.48. The molecule has 1 aliphatic rings. The highest BCUT2D eigenvalue weighted by molar-refractivity contribution is 6.17. The number of hydrogen-bond donors (Lipinski definition) is 0. The van der Waals surface area contributed by atoms with Crippen LogP contribution in [-0.2, 0) is 6.42 Å². The number of aromatic nitrogens is 3. The van der Waals surface area contributed by atoms with Crippen molar-refractivity contribution >= 4 is 22.6 Å². The molecule has 2 aromatic rings. The summed E-state index contributed by atoms with van der Waals surface area (Å²) in [6, 6.07) is 2.66. The summed E-state index contributed by atoms with van der Waals surface area (Å²) in [5.74, 6) is 2.55. The maximum Gasteiger partial charge on any atom is 0.111 e. The van der Waals surface area contributed by atoms with Crippen LogP contribution in [0.15, 0.2) is 18.5 Å². The smallest absolute Gasteiger partial charge is 0.111 e. The van der Waals surface area contributed by atoms with Crippen molar-refractivity contribution in [3.8, 4) is 0 Å². The predicted octanol–water partition coefficient (Wildman–Crippen LogP) is 3.96. The van der Waals surface area contributed by atoms with Gasteiger partial charge in [-0.2, -0.15) is 0 Å². The fraction of sp³-hybridized carbons (Fsp3) is 0.600. The Balaban J connectivity index is 2.06. The van der Waals surface area contributed by atoms with Crippen molar-refractivity contribution in [2.75, 3.05) is 5.88 Å². The normalized spacial score (nSPS) is 23.9. The zero-order valence-corrected chi connectivity index (χ0v) is 12.1. The van der Waals surface area contributed by atoms with E-state index >= 15 is 0 Å². The van der Waals surface area contributed by atoms with Gasteiger partial charge in [0.25, 0.3) is 0 Å². The van der Waals surface area contributed by atoms with Gasteiger partial charge in [0, 0.05) is 24.5 Å². The first-order valence-corrected chi connectivity index (χ1v) is 7.70. The number of hydrogen-bond acceptors (Lipinski definition) is 2. The number of halogens is 1. The SMILES string of the molecule is CC1CCCC(n2c(CCCl)nc3cnccc32)C1. The van der Waals surface area contributed by atoms with E-state index in [0.717, 1.165) is 23.7 Å². The second-order valence-electron chi connectivity index (χ2n) is 5.63. The van der Waals surface area contributed by atoms with Gasteiger partial charge in [-0.1, -0.05) is 19.8 Å². The Labute approximate surface area is 119 Å². The molecule has 0 bridgehead atoms. The average Bonchev–Trinajstić information content (AvgIpc) is 2.77. The maximum absolute atomic E-state index is 5.93. The standard InChI is InChI=1S/C15H20ClN3/c1-11-3-2-4-12(9-11)19-14-6-8-17-10-13(14)18-15(19)5-7-16/h6,8,10-12H,2-5,7,9H2,1H3. The lowest BCUT2D eigenvalue weighted by Crippen LogP contribution is -2.19. The van der Waals surface area contributed by atoms with E-state index in [0.29, 0.717) is 11.9 Å². The summed E-state index contributed by atoms with van der Waals surface area (Å²) in [5, 5.41) is 0. The summed E-state index contributed by atoms with van der Waals surface area (Å²) < 4.78 is 2.43. The molecule has 0 radical (unpaired) electrons. The lowest BCUT2D eigenvalue weighted by atomic mass is 9.87. The van der Waals surface area contributed by atoms with Crippen LogP contribution >= 0.6 is 11.6 Å².